The number of rotatable bonds is 2. The van der Waals surface area contributed by atoms with E-state index in [0.29, 0.717) is 6.04 Å². The molecule has 0 bridgehead atoms. The van der Waals surface area contributed by atoms with Crippen molar-refractivity contribution in [3.63, 3.8) is 0 Å². The monoisotopic (exact) mass is 253 g/mol. The number of aryl methyl sites for hydroxylation is 1. The van der Waals surface area contributed by atoms with Crippen LogP contribution in [-0.2, 0) is 0 Å². The number of ether oxygens (including phenoxy) is 1. The van der Waals surface area contributed by atoms with Gasteiger partial charge in [0.15, 0.2) is 0 Å². The van der Waals surface area contributed by atoms with Gasteiger partial charge in [-0.05, 0) is 50.4 Å². The van der Waals surface area contributed by atoms with Gasteiger partial charge in [0.2, 0.25) is 0 Å². The van der Waals surface area contributed by atoms with Crippen molar-refractivity contribution in [3.8, 4) is 5.75 Å². The summed E-state index contributed by atoms with van der Waals surface area (Å²) in [6, 6.07) is 2.37. The Morgan fingerprint density at radius 2 is 2.12 bits per heavy atom. The van der Waals surface area contributed by atoms with E-state index in [0.717, 1.165) is 23.7 Å². The van der Waals surface area contributed by atoms with Crippen molar-refractivity contribution in [3.05, 3.63) is 27.8 Å². The molecule has 1 aromatic rings. The Hall–Kier alpha value is -0.730. The second-order valence-electron chi connectivity index (χ2n) is 4.75. The highest BCUT2D eigenvalue weighted by Gasteiger charge is 2.23. The van der Waals surface area contributed by atoms with Crippen LogP contribution in [0.3, 0.4) is 0 Å². The molecule has 0 aromatic heterocycles. The molecule has 17 heavy (non-hydrogen) atoms. The minimum atomic E-state index is 0.385. The van der Waals surface area contributed by atoms with Crippen LogP contribution in [0, 0.1) is 13.8 Å². The number of hydrogen-bond donors (Lipinski definition) is 1. The molecule has 3 heteroatoms. The van der Waals surface area contributed by atoms with Crippen molar-refractivity contribution < 1.29 is 4.74 Å². The maximum Gasteiger partial charge on any atom is 0.142 e. The number of hydrogen-bond acceptors (Lipinski definition) is 2. The smallest absolute Gasteiger partial charge is 0.142 e. The van der Waals surface area contributed by atoms with Crippen LogP contribution in [0.25, 0.3) is 0 Å². The summed E-state index contributed by atoms with van der Waals surface area (Å²) < 4.78 is 5.49. The summed E-state index contributed by atoms with van der Waals surface area (Å²) in [4.78, 5) is 0. The Labute approximate surface area is 108 Å². The number of piperidine rings is 1. The molecule has 0 aliphatic carbocycles. The quantitative estimate of drug-likeness (QED) is 0.866. The van der Waals surface area contributed by atoms with Gasteiger partial charge in [0.25, 0.3) is 0 Å². The molecule has 1 heterocycles. The molecule has 94 valence electrons. The summed E-state index contributed by atoms with van der Waals surface area (Å²) in [6.45, 7) is 5.34. The molecule has 1 saturated heterocycles. The zero-order chi connectivity index (χ0) is 12.4. The lowest BCUT2D eigenvalue weighted by atomic mass is 9.91. The van der Waals surface area contributed by atoms with E-state index in [2.05, 4.69) is 19.2 Å². The molecule has 0 spiro atoms. The van der Waals surface area contributed by atoms with E-state index in [1.54, 1.807) is 7.11 Å². The fraction of sp³-hybridized carbons (Fsp3) is 0.571. The van der Waals surface area contributed by atoms with Crippen molar-refractivity contribution in [1.82, 2.24) is 5.32 Å². The molecule has 1 aromatic carbocycles. The van der Waals surface area contributed by atoms with Crippen LogP contribution in [-0.4, -0.2) is 13.7 Å². The molecule has 1 aliphatic heterocycles. The number of halogens is 1. The summed E-state index contributed by atoms with van der Waals surface area (Å²) in [5.41, 5.74) is 3.78. The van der Waals surface area contributed by atoms with Crippen LogP contribution in [0.2, 0.25) is 5.02 Å². The molecule has 2 rings (SSSR count). The first-order chi connectivity index (χ1) is 8.15. The lowest BCUT2D eigenvalue weighted by molar-refractivity contribution is 0.372. The van der Waals surface area contributed by atoms with Gasteiger partial charge >= 0.3 is 0 Å². The predicted octanol–water partition coefficient (Wildman–Crippen LogP) is 3.78. The maximum absolute atomic E-state index is 6.27. The highest BCUT2D eigenvalue weighted by atomic mass is 35.5. The van der Waals surface area contributed by atoms with Crippen molar-refractivity contribution in [2.45, 2.75) is 39.2 Å². The zero-order valence-electron chi connectivity index (χ0n) is 10.8. The highest BCUT2D eigenvalue weighted by molar-refractivity contribution is 6.32. The fourth-order valence-corrected chi connectivity index (χ4v) is 2.94. The van der Waals surface area contributed by atoms with Crippen LogP contribution in [0.15, 0.2) is 6.07 Å². The second-order valence-corrected chi connectivity index (χ2v) is 5.16. The molecule has 2 nitrogen and oxygen atoms in total. The van der Waals surface area contributed by atoms with Crippen molar-refractivity contribution in [2.24, 2.45) is 0 Å². The van der Waals surface area contributed by atoms with Crippen LogP contribution in [0.1, 0.15) is 42.0 Å². The molecule has 1 aliphatic rings. The third-order valence-corrected chi connectivity index (χ3v) is 3.94. The molecule has 0 amide bonds. The molecule has 0 radical (unpaired) electrons. The summed E-state index contributed by atoms with van der Waals surface area (Å²) in [6.07, 6.45) is 3.69. The van der Waals surface area contributed by atoms with Crippen LogP contribution < -0.4 is 10.1 Å². The van der Waals surface area contributed by atoms with Gasteiger partial charge < -0.3 is 10.1 Å². The van der Waals surface area contributed by atoms with E-state index < -0.39 is 0 Å². The van der Waals surface area contributed by atoms with E-state index in [9.17, 15) is 0 Å². The summed E-state index contributed by atoms with van der Waals surface area (Å²) in [7, 11) is 1.70. The predicted molar refractivity (Wildman–Crippen MR) is 72.1 cm³/mol. The third kappa shape index (κ3) is 2.43. The van der Waals surface area contributed by atoms with Gasteiger partial charge in [-0.25, -0.2) is 0 Å². The lowest BCUT2D eigenvalue weighted by Crippen LogP contribution is -2.28. The Morgan fingerprint density at radius 1 is 1.35 bits per heavy atom. The zero-order valence-corrected chi connectivity index (χ0v) is 11.5. The first-order valence-electron chi connectivity index (χ1n) is 6.22. The lowest BCUT2D eigenvalue weighted by Gasteiger charge is -2.28. The van der Waals surface area contributed by atoms with Gasteiger partial charge in [0.05, 0.1) is 12.1 Å². The highest BCUT2D eigenvalue weighted by Crippen LogP contribution is 2.39. The van der Waals surface area contributed by atoms with E-state index >= 15 is 0 Å². The Bertz CT molecular complexity index is 411. The third-order valence-electron chi connectivity index (χ3n) is 3.66. The van der Waals surface area contributed by atoms with Gasteiger partial charge in [0.1, 0.15) is 5.75 Å². The molecule has 1 atom stereocenters. The van der Waals surface area contributed by atoms with Crippen LogP contribution in [0.5, 0.6) is 5.75 Å². The second kappa shape index (κ2) is 5.28. The van der Waals surface area contributed by atoms with Gasteiger partial charge in [0, 0.05) is 11.6 Å². The average molecular weight is 254 g/mol. The van der Waals surface area contributed by atoms with Crippen LogP contribution >= 0.6 is 11.6 Å². The van der Waals surface area contributed by atoms with E-state index in [4.69, 9.17) is 16.3 Å². The van der Waals surface area contributed by atoms with Gasteiger partial charge in [-0.2, -0.15) is 0 Å². The van der Waals surface area contributed by atoms with Crippen LogP contribution in [0.4, 0.5) is 0 Å². The summed E-state index contributed by atoms with van der Waals surface area (Å²) in [5.74, 6) is 0.842. The SMILES string of the molecule is COc1c(Cl)cc(C)c(C)c1C1CCCCN1. The normalized spacial score (nSPS) is 20.4. The van der Waals surface area contributed by atoms with Gasteiger partial charge in [-0.3, -0.25) is 0 Å². The fourth-order valence-electron chi connectivity index (χ4n) is 2.60. The number of methoxy groups -OCH3 is 1. The molecule has 1 fully saturated rings. The minimum Gasteiger partial charge on any atom is -0.495 e. The van der Waals surface area contributed by atoms with E-state index in [-0.39, 0.29) is 0 Å². The van der Waals surface area contributed by atoms with Crippen molar-refractivity contribution in [2.75, 3.05) is 13.7 Å². The first-order valence-corrected chi connectivity index (χ1v) is 6.60. The van der Waals surface area contributed by atoms with E-state index in [1.165, 1.54) is 29.5 Å². The molecule has 1 unspecified atom stereocenters. The standard InChI is InChI=1S/C14H20ClNO/c1-9-8-11(15)14(17-3)13(10(9)2)12-6-4-5-7-16-12/h8,12,16H,4-7H2,1-3H3. The summed E-state index contributed by atoms with van der Waals surface area (Å²) >= 11 is 6.27. The van der Waals surface area contributed by atoms with Crippen molar-refractivity contribution in [1.29, 1.82) is 0 Å². The average Bonchev–Trinajstić information content (AvgIpc) is 2.34. The van der Waals surface area contributed by atoms with E-state index in [1.807, 2.05) is 6.07 Å². The first kappa shape index (κ1) is 12.7. The molecular weight excluding hydrogens is 234 g/mol. The number of nitrogens with one attached hydrogen (secondary N) is 1. The number of benzene rings is 1. The minimum absolute atomic E-state index is 0.385. The molecular formula is C14H20ClNO. The Morgan fingerprint density at radius 3 is 2.71 bits per heavy atom. The van der Waals surface area contributed by atoms with Gasteiger partial charge in [-0.15, -0.1) is 0 Å². The molecule has 0 saturated carbocycles. The Kier molecular flexibility index (Phi) is 3.95. The topological polar surface area (TPSA) is 21.3 Å². The van der Waals surface area contributed by atoms with Gasteiger partial charge in [-0.1, -0.05) is 18.0 Å². The Balaban J connectivity index is 2.48. The van der Waals surface area contributed by atoms with Crippen molar-refractivity contribution >= 4 is 11.6 Å². The largest absolute Gasteiger partial charge is 0.495 e. The maximum atomic E-state index is 6.27. The summed E-state index contributed by atoms with van der Waals surface area (Å²) in [5, 5.41) is 4.29. The molecule has 1 N–H and O–H groups in total.